The minimum atomic E-state index is -0.862. The molecular formula is C24H22O4. The molecule has 0 saturated heterocycles. The zero-order valence-corrected chi connectivity index (χ0v) is 15.9. The number of rotatable bonds is 7. The number of carboxylic acid groups (broad SMARTS) is 1. The Morgan fingerprint density at radius 3 is 2.39 bits per heavy atom. The lowest BCUT2D eigenvalue weighted by Crippen LogP contribution is -2.00. The van der Waals surface area contributed by atoms with E-state index >= 15 is 0 Å². The van der Waals surface area contributed by atoms with Crippen LogP contribution >= 0.6 is 0 Å². The van der Waals surface area contributed by atoms with Crippen molar-refractivity contribution in [1.82, 2.24) is 0 Å². The van der Waals surface area contributed by atoms with Gasteiger partial charge in [-0.25, -0.2) is 0 Å². The Balaban J connectivity index is 2.01. The number of aliphatic carboxylic acids is 1. The van der Waals surface area contributed by atoms with Crippen molar-refractivity contribution in [3.8, 4) is 28.0 Å². The molecule has 0 aliphatic heterocycles. The summed E-state index contributed by atoms with van der Waals surface area (Å²) >= 11 is 0. The Morgan fingerprint density at radius 2 is 1.71 bits per heavy atom. The largest absolute Gasteiger partial charge is 0.481 e. The standard InChI is InChI=1S/C24H22O4/c1-16-4-3-5-18(12-16)22-9-6-19(13-17(22)2)23-10-8-21(28-15-25)14-20(23)7-11-24(26)27/h3-6,8-10,12-15H,7,11H2,1-2H3,(H,26,27). The summed E-state index contributed by atoms with van der Waals surface area (Å²) in [6, 6.07) is 20.0. The Kier molecular flexibility index (Phi) is 5.90. The summed E-state index contributed by atoms with van der Waals surface area (Å²) in [5, 5.41) is 9.05. The van der Waals surface area contributed by atoms with Crippen LogP contribution in [0, 0.1) is 13.8 Å². The zero-order chi connectivity index (χ0) is 20.1. The molecule has 0 bridgehead atoms. The van der Waals surface area contributed by atoms with Crippen LogP contribution in [-0.4, -0.2) is 17.5 Å². The van der Waals surface area contributed by atoms with Crippen LogP contribution in [0.5, 0.6) is 5.75 Å². The Bertz CT molecular complexity index is 1020. The zero-order valence-electron chi connectivity index (χ0n) is 15.9. The molecule has 3 aromatic carbocycles. The van der Waals surface area contributed by atoms with Crippen molar-refractivity contribution in [3.05, 3.63) is 77.4 Å². The van der Waals surface area contributed by atoms with Crippen molar-refractivity contribution in [1.29, 1.82) is 0 Å². The Labute approximate surface area is 164 Å². The molecule has 4 nitrogen and oxygen atoms in total. The van der Waals surface area contributed by atoms with E-state index in [1.54, 1.807) is 12.1 Å². The maximum Gasteiger partial charge on any atom is 0.303 e. The predicted molar refractivity (Wildman–Crippen MR) is 109 cm³/mol. The first-order chi connectivity index (χ1) is 13.5. The lowest BCUT2D eigenvalue weighted by molar-refractivity contribution is -0.137. The SMILES string of the molecule is Cc1cccc(-c2ccc(-c3ccc(OC=O)cc3CCC(=O)O)cc2C)c1. The first-order valence-corrected chi connectivity index (χ1v) is 9.11. The fourth-order valence-corrected chi connectivity index (χ4v) is 3.40. The van der Waals surface area contributed by atoms with Crippen LogP contribution in [0.25, 0.3) is 22.3 Å². The predicted octanol–water partition coefficient (Wildman–Crippen LogP) is 5.19. The van der Waals surface area contributed by atoms with E-state index in [-0.39, 0.29) is 6.42 Å². The molecule has 4 heteroatoms. The normalized spacial score (nSPS) is 10.5. The first-order valence-electron chi connectivity index (χ1n) is 9.11. The summed E-state index contributed by atoms with van der Waals surface area (Å²) in [7, 11) is 0. The number of ether oxygens (including phenoxy) is 1. The van der Waals surface area contributed by atoms with Gasteiger partial charge in [-0.15, -0.1) is 0 Å². The van der Waals surface area contributed by atoms with Gasteiger partial charge in [0.05, 0.1) is 0 Å². The number of carbonyl (C=O) groups is 2. The summed E-state index contributed by atoms with van der Waals surface area (Å²) in [5.41, 5.74) is 7.48. The third-order valence-corrected chi connectivity index (χ3v) is 4.74. The fraction of sp³-hybridized carbons (Fsp3) is 0.167. The molecule has 1 N–H and O–H groups in total. The molecule has 3 aromatic rings. The second-order valence-electron chi connectivity index (χ2n) is 6.83. The van der Waals surface area contributed by atoms with Crippen LogP contribution in [0.15, 0.2) is 60.7 Å². The van der Waals surface area contributed by atoms with E-state index in [1.165, 1.54) is 16.7 Å². The third kappa shape index (κ3) is 4.46. The lowest BCUT2D eigenvalue weighted by atomic mass is 9.92. The molecule has 0 fully saturated rings. The van der Waals surface area contributed by atoms with Crippen molar-refractivity contribution in [2.24, 2.45) is 0 Å². The molecule has 0 heterocycles. The van der Waals surface area contributed by atoms with Crippen LogP contribution in [0.2, 0.25) is 0 Å². The van der Waals surface area contributed by atoms with Gasteiger partial charge in [-0.2, -0.15) is 0 Å². The average Bonchev–Trinajstić information content (AvgIpc) is 2.66. The smallest absolute Gasteiger partial charge is 0.303 e. The van der Waals surface area contributed by atoms with Gasteiger partial charge in [-0.05, 0) is 65.8 Å². The molecule has 142 valence electrons. The van der Waals surface area contributed by atoms with E-state index < -0.39 is 5.97 Å². The minimum absolute atomic E-state index is 0.0118. The molecule has 28 heavy (non-hydrogen) atoms. The third-order valence-electron chi connectivity index (χ3n) is 4.74. The van der Waals surface area contributed by atoms with Crippen LogP contribution in [0.1, 0.15) is 23.1 Å². The highest BCUT2D eigenvalue weighted by molar-refractivity contribution is 5.76. The molecule has 0 spiro atoms. The molecular weight excluding hydrogens is 352 g/mol. The van der Waals surface area contributed by atoms with Crippen LogP contribution in [0.3, 0.4) is 0 Å². The van der Waals surface area contributed by atoms with Crippen LogP contribution < -0.4 is 4.74 Å². The van der Waals surface area contributed by atoms with Crippen molar-refractivity contribution < 1.29 is 19.4 Å². The molecule has 0 radical (unpaired) electrons. The summed E-state index contributed by atoms with van der Waals surface area (Å²) < 4.78 is 4.93. The molecule has 0 unspecified atom stereocenters. The second kappa shape index (κ2) is 8.53. The van der Waals surface area contributed by atoms with Gasteiger partial charge in [0.15, 0.2) is 0 Å². The topological polar surface area (TPSA) is 63.6 Å². The summed E-state index contributed by atoms with van der Waals surface area (Å²) in [6.07, 6.45) is 0.372. The van der Waals surface area contributed by atoms with Gasteiger partial charge in [0.1, 0.15) is 5.75 Å². The average molecular weight is 374 g/mol. The van der Waals surface area contributed by atoms with Crippen molar-refractivity contribution in [3.63, 3.8) is 0 Å². The highest BCUT2D eigenvalue weighted by Crippen LogP contribution is 2.32. The van der Waals surface area contributed by atoms with Gasteiger partial charge in [0, 0.05) is 6.42 Å². The number of hydrogen-bond acceptors (Lipinski definition) is 3. The maximum atomic E-state index is 11.0. The van der Waals surface area contributed by atoms with Crippen LogP contribution in [-0.2, 0) is 16.0 Å². The highest BCUT2D eigenvalue weighted by Gasteiger charge is 2.11. The molecule has 0 amide bonds. The highest BCUT2D eigenvalue weighted by atomic mass is 16.5. The molecule has 0 aliphatic carbocycles. The number of carboxylic acids is 1. The fourth-order valence-electron chi connectivity index (χ4n) is 3.40. The van der Waals surface area contributed by atoms with Crippen molar-refractivity contribution >= 4 is 12.4 Å². The van der Waals surface area contributed by atoms with E-state index in [9.17, 15) is 9.59 Å². The molecule has 0 saturated carbocycles. The van der Waals surface area contributed by atoms with E-state index in [2.05, 4.69) is 44.2 Å². The van der Waals surface area contributed by atoms with Crippen molar-refractivity contribution in [2.45, 2.75) is 26.7 Å². The van der Waals surface area contributed by atoms with Gasteiger partial charge in [0.2, 0.25) is 0 Å². The maximum absolute atomic E-state index is 11.0. The first kappa shape index (κ1) is 19.4. The van der Waals surface area contributed by atoms with Gasteiger partial charge in [0.25, 0.3) is 6.47 Å². The van der Waals surface area contributed by atoms with Gasteiger partial charge < -0.3 is 9.84 Å². The Hall–Kier alpha value is -3.40. The molecule has 0 atom stereocenters. The molecule has 3 rings (SSSR count). The molecule has 0 aromatic heterocycles. The number of aryl methyl sites for hydroxylation is 3. The summed E-state index contributed by atoms with van der Waals surface area (Å²) in [4.78, 5) is 21.7. The molecule has 0 aliphatic rings. The van der Waals surface area contributed by atoms with E-state index in [0.717, 1.165) is 22.3 Å². The number of benzene rings is 3. The van der Waals surface area contributed by atoms with Gasteiger partial charge in [-0.3, -0.25) is 9.59 Å². The van der Waals surface area contributed by atoms with E-state index in [4.69, 9.17) is 9.84 Å². The number of hydrogen-bond donors (Lipinski definition) is 1. The quantitative estimate of drug-likeness (QED) is 0.578. The van der Waals surface area contributed by atoms with E-state index in [0.29, 0.717) is 18.6 Å². The monoisotopic (exact) mass is 374 g/mol. The van der Waals surface area contributed by atoms with Crippen molar-refractivity contribution in [2.75, 3.05) is 0 Å². The summed E-state index contributed by atoms with van der Waals surface area (Å²) in [5.74, 6) is -0.453. The van der Waals surface area contributed by atoms with E-state index in [1.807, 2.05) is 18.2 Å². The summed E-state index contributed by atoms with van der Waals surface area (Å²) in [6.45, 7) is 4.52. The Morgan fingerprint density at radius 1 is 0.964 bits per heavy atom. The van der Waals surface area contributed by atoms with Gasteiger partial charge in [-0.1, -0.05) is 54.1 Å². The second-order valence-corrected chi connectivity index (χ2v) is 6.83. The van der Waals surface area contributed by atoms with Crippen LogP contribution in [0.4, 0.5) is 0 Å². The minimum Gasteiger partial charge on any atom is -0.481 e. The number of carbonyl (C=O) groups excluding carboxylic acids is 1. The van der Waals surface area contributed by atoms with Gasteiger partial charge >= 0.3 is 5.97 Å². The lowest BCUT2D eigenvalue weighted by Gasteiger charge is -2.14.